The minimum atomic E-state index is 0.140. The Bertz CT molecular complexity index is 258. The lowest BCUT2D eigenvalue weighted by Gasteiger charge is -2.28. The van der Waals surface area contributed by atoms with Crippen LogP contribution in [-0.4, -0.2) is 11.7 Å². The summed E-state index contributed by atoms with van der Waals surface area (Å²) < 4.78 is 6.11. The van der Waals surface area contributed by atoms with Crippen LogP contribution in [0, 0.1) is 23.2 Å². The smallest absolute Gasteiger partial charge is 0.0715 e. The van der Waals surface area contributed by atoms with E-state index in [1.807, 2.05) is 0 Å². The van der Waals surface area contributed by atoms with Crippen molar-refractivity contribution in [3.63, 3.8) is 0 Å². The summed E-state index contributed by atoms with van der Waals surface area (Å²) in [6.07, 6.45) is 5.49. The first-order valence-corrected chi connectivity index (χ1v) is 5.76. The third-order valence-electron chi connectivity index (χ3n) is 3.99. The Balaban J connectivity index is 1.99. The van der Waals surface area contributed by atoms with Crippen LogP contribution in [0.5, 0.6) is 0 Å². The van der Waals surface area contributed by atoms with Gasteiger partial charge in [-0.1, -0.05) is 13.8 Å². The van der Waals surface area contributed by atoms with Gasteiger partial charge in [-0.25, -0.2) is 0 Å². The van der Waals surface area contributed by atoms with Crippen molar-refractivity contribution >= 4 is 0 Å². The van der Waals surface area contributed by atoms with Crippen LogP contribution in [-0.2, 0) is 4.74 Å². The third kappa shape index (κ3) is 1.54. The molecule has 4 unspecified atom stereocenters. The lowest BCUT2D eigenvalue weighted by molar-refractivity contribution is -0.0597. The SMILES string of the molecule is CCC1(C2CC2C)CCC(CC#N)O1. The van der Waals surface area contributed by atoms with E-state index in [4.69, 9.17) is 10.00 Å². The van der Waals surface area contributed by atoms with E-state index < -0.39 is 0 Å². The molecule has 1 aliphatic heterocycles. The molecule has 0 aromatic carbocycles. The fourth-order valence-corrected chi connectivity index (χ4v) is 2.95. The van der Waals surface area contributed by atoms with Crippen molar-refractivity contribution in [2.24, 2.45) is 11.8 Å². The maximum Gasteiger partial charge on any atom is 0.0715 e. The quantitative estimate of drug-likeness (QED) is 0.690. The van der Waals surface area contributed by atoms with Gasteiger partial charge in [-0.05, 0) is 37.5 Å². The first-order valence-electron chi connectivity index (χ1n) is 5.76. The molecule has 2 rings (SSSR count). The zero-order chi connectivity index (χ0) is 10.2. The highest BCUT2D eigenvalue weighted by molar-refractivity contribution is 5.03. The molecule has 0 N–H and O–H groups in total. The third-order valence-corrected chi connectivity index (χ3v) is 3.99. The van der Waals surface area contributed by atoms with Gasteiger partial charge in [0.25, 0.3) is 0 Å². The van der Waals surface area contributed by atoms with Crippen LogP contribution in [0.2, 0.25) is 0 Å². The van der Waals surface area contributed by atoms with E-state index in [2.05, 4.69) is 19.9 Å². The molecule has 1 saturated carbocycles. The highest BCUT2D eigenvalue weighted by Crippen LogP contribution is 2.54. The summed E-state index contributed by atoms with van der Waals surface area (Å²) in [4.78, 5) is 0. The molecule has 4 atom stereocenters. The number of nitriles is 1. The van der Waals surface area contributed by atoms with E-state index in [0.29, 0.717) is 6.42 Å². The molecule has 2 nitrogen and oxygen atoms in total. The molecule has 0 aromatic rings. The summed E-state index contributed by atoms with van der Waals surface area (Å²) in [5.41, 5.74) is 0.140. The Morgan fingerprint density at radius 1 is 1.57 bits per heavy atom. The number of nitrogens with zero attached hydrogens (tertiary/aromatic N) is 1. The first kappa shape index (κ1) is 9.98. The Kier molecular flexibility index (Phi) is 2.53. The predicted octanol–water partition coefficient (Wildman–Crippen LogP) is 2.88. The van der Waals surface area contributed by atoms with E-state index >= 15 is 0 Å². The number of rotatable bonds is 3. The van der Waals surface area contributed by atoms with Crippen LogP contribution in [0.3, 0.4) is 0 Å². The van der Waals surface area contributed by atoms with Crippen molar-refractivity contribution in [3.8, 4) is 6.07 Å². The van der Waals surface area contributed by atoms with Crippen LogP contribution in [0.25, 0.3) is 0 Å². The van der Waals surface area contributed by atoms with E-state index in [1.165, 1.54) is 12.8 Å². The van der Waals surface area contributed by atoms with E-state index in [-0.39, 0.29) is 11.7 Å². The van der Waals surface area contributed by atoms with Crippen molar-refractivity contribution in [3.05, 3.63) is 0 Å². The van der Waals surface area contributed by atoms with Crippen LogP contribution >= 0.6 is 0 Å². The van der Waals surface area contributed by atoms with E-state index in [1.54, 1.807) is 0 Å². The summed E-state index contributed by atoms with van der Waals surface area (Å²) in [5.74, 6) is 1.62. The van der Waals surface area contributed by atoms with Gasteiger partial charge in [-0.15, -0.1) is 0 Å². The standard InChI is InChI=1S/C12H19NO/c1-3-12(11-8-9(11)2)6-4-10(14-12)5-7-13/h9-11H,3-6,8H2,1-2H3. The molecule has 0 bridgehead atoms. The molecule has 2 aliphatic rings. The summed E-state index contributed by atoms with van der Waals surface area (Å²) in [6.45, 7) is 4.53. The first-order chi connectivity index (χ1) is 6.72. The van der Waals surface area contributed by atoms with Gasteiger partial charge < -0.3 is 4.74 Å². The van der Waals surface area contributed by atoms with Crippen LogP contribution in [0.4, 0.5) is 0 Å². The second-order valence-electron chi connectivity index (χ2n) is 4.88. The molecular weight excluding hydrogens is 174 g/mol. The lowest BCUT2D eigenvalue weighted by Crippen LogP contribution is -2.31. The predicted molar refractivity (Wildman–Crippen MR) is 54.6 cm³/mol. The molecule has 0 spiro atoms. The maximum atomic E-state index is 8.65. The van der Waals surface area contributed by atoms with Crippen molar-refractivity contribution < 1.29 is 4.74 Å². The van der Waals surface area contributed by atoms with E-state index in [9.17, 15) is 0 Å². The minimum Gasteiger partial charge on any atom is -0.370 e. The van der Waals surface area contributed by atoms with Gasteiger partial charge in [0.15, 0.2) is 0 Å². The van der Waals surface area contributed by atoms with Crippen molar-refractivity contribution in [1.29, 1.82) is 5.26 Å². The molecule has 14 heavy (non-hydrogen) atoms. The van der Waals surface area contributed by atoms with Crippen molar-refractivity contribution in [1.82, 2.24) is 0 Å². The Labute approximate surface area is 86.2 Å². The molecule has 2 fully saturated rings. The molecular formula is C12H19NO. The summed E-state index contributed by atoms with van der Waals surface area (Å²) in [7, 11) is 0. The molecule has 0 radical (unpaired) electrons. The molecule has 78 valence electrons. The van der Waals surface area contributed by atoms with Gasteiger partial charge in [-0.2, -0.15) is 5.26 Å². The average Bonchev–Trinajstić information content (AvgIpc) is 2.78. The molecule has 2 heteroatoms. The van der Waals surface area contributed by atoms with Gasteiger partial charge in [0.2, 0.25) is 0 Å². The Morgan fingerprint density at radius 2 is 2.29 bits per heavy atom. The molecule has 1 heterocycles. The van der Waals surface area contributed by atoms with Gasteiger partial charge in [0.1, 0.15) is 0 Å². The largest absolute Gasteiger partial charge is 0.370 e. The zero-order valence-corrected chi connectivity index (χ0v) is 9.12. The fraction of sp³-hybridized carbons (Fsp3) is 0.917. The van der Waals surface area contributed by atoms with Crippen LogP contribution < -0.4 is 0 Å². The maximum absolute atomic E-state index is 8.65. The highest BCUT2D eigenvalue weighted by Gasteiger charge is 2.53. The minimum absolute atomic E-state index is 0.140. The van der Waals surface area contributed by atoms with Gasteiger partial charge in [-0.3, -0.25) is 0 Å². The van der Waals surface area contributed by atoms with E-state index in [0.717, 1.165) is 24.7 Å². The molecule has 1 saturated heterocycles. The van der Waals surface area contributed by atoms with Gasteiger partial charge in [0.05, 0.1) is 24.2 Å². The summed E-state index contributed by atoms with van der Waals surface area (Å²) in [5, 5.41) is 8.65. The number of ether oxygens (including phenoxy) is 1. The van der Waals surface area contributed by atoms with Crippen LogP contribution in [0.15, 0.2) is 0 Å². The van der Waals surface area contributed by atoms with Crippen molar-refractivity contribution in [2.45, 2.75) is 57.7 Å². The molecule has 0 aromatic heterocycles. The number of hydrogen-bond acceptors (Lipinski definition) is 2. The fourth-order valence-electron chi connectivity index (χ4n) is 2.95. The van der Waals surface area contributed by atoms with Gasteiger partial charge >= 0.3 is 0 Å². The monoisotopic (exact) mass is 193 g/mol. The molecule has 1 aliphatic carbocycles. The second-order valence-corrected chi connectivity index (χ2v) is 4.88. The second kappa shape index (κ2) is 3.55. The number of hydrogen-bond donors (Lipinski definition) is 0. The normalized spacial score (nSPS) is 46.2. The van der Waals surface area contributed by atoms with Crippen LogP contribution in [0.1, 0.15) is 46.0 Å². The lowest BCUT2D eigenvalue weighted by atomic mass is 9.90. The average molecular weight is 193 g/mol. The van der Waals surface area contributed by atoms with Gasteiger partial charge in [0, 0.05) is 0 Å². The highest BCUT2D eigenvalue weighted by atomic mass is 16.5. The Hall–Kier alpha value is -0.550. The summed E-state index contributed by atoms with van der Waals surface area (Å²) >= 11 is 0. The van der Waals surface area contributed by atoms with Crippen molar-refractivity contribution in [2.75, 3.05) is 0 Å². The topological polar surface area (TPSA) is 33.0 Å². The summed E-state index contributed by atoms with van der Waals surface area (Å²) in [6, 6.07) is 2.22. The molecule has 0 amide bonds. The Morgan fingerprint density at radius 3 is 2.79 bits per heavy atom. The zero-order valence-electron chi connectivity index (χ0n) is 9.12.